The van der Waals surface area contributed by atoms with Gasteiger partial charge in [0.15, 0.2) is 0 Å². The second-order valence-electron chi connectivity index (χ2n) is 9.23. The molecule has 35 heavy (non-hydrogen) atoms. The van der Waals surface area contributed by atoms with Crippen molar-refractivity contribution < 1.29 is 18.3 Å². The van der Waals surface area contributed by atoms with Crippen molar-refractivity contribution in [1.29, 1.82) is 5.41 Å². The van der Waals surface area contributed by atoms with Gasteiger partial charge >= 0.3 is 6.09 Å². The Hall–Kier alpha value is -2.65. The number of hydrogen-bond donors (Lipinski definition) is 2. The molecule has 2 fully saturated rings. The number of amides is 1. The Morgan fingerprint density at radius 1 is 1.51 bits per heavy atom. The van der Waals surface area contributed by atoms with Crippen LogP contribution in [-0.4, -0.2) is 52.7 Å². The fourth-order valence-electron chi connectivity index (χ4n) is 4.92. The smallest absolute Gasteiger partial charge is 0.407 e. The average molecular weight is 519 g/mol. The normalized spacial score (nSPS) is 28.5. The van der Waals surface area contributed by atoms with Gasteiger partial charge in [0.1, 0.15) is 36.0 Å². The summed E-state index contributed by atoms with van der Waals surface area (Å²) in [7, 11) is 0. The SMILES string of the molecule is CC(F)C/C=C\C(=N)C1=C2C[C@@]3(COC(=O)N3)CN2C(C2CC=CS2)=N[C@H]1c1ccc(Cl)c(F)c1. The second kappa shape index (κ2) is 9.43. The molecule has 1 aromatic rings. The Balaban J connectivity index is 1.63. The molecule has 5 rings (SSSR count). The van der Waals surface area contributed by atoms with Crippen LogP contribution in [-0.2, 0) is 4.74 Å². The van der Waals surface area contributed by atoms with Gasteiger partial charge in [-0.3, -0.25) is 4.99 Å². The molecule has 4 aliphatic heterocycles. The van der Waals surface area contributed by atoms with Gasteiger partial charge in [0.2, 0.25) is 0 Å². The van der Waals surface area contributed by atoms with E-state index in [9.17, 15) is 13.6 Å². The summed E-state index contributed by atoms with van der Waals surface area (Å²) >= 11 is 7.61. The maximum atomic E-state index is 14.5. The Kier molecular flexibility index (Phi) is 6.48. The number of fused-ring (bicyclic) bond motifs is 1. The summed E-state index contributed by atoms with van der Waals surface area (Å²) in [6.45, 7) is 2.14. The van der Waals surface area contributed by atoms with Crippen LogP contribution in [0, 0.1) is 11.2 Å². The van der Waals surface area contributed by atoms with Crippen molar-refractivity contribution in [3.05, 3.63) is 69.5 Å². The Bertz CT molecular complexity index is 1190. The summed E-state index contributed by atoms with van der Waals surface area (Å²) in [6.07, 6.45) is 5.22. The van der Waals surface area contributed by atoms with Gasteiger partial charge < -0.3 is 20.4 Å². The van der Waals surface area contributed by atoms with Gasteiger partial charge in [-0.25, -0.2) is 13.6 Å². The molecule has 4 atom stereocenters. The number of halogens is 3. The number of nitrogens with one attached hydrogen (secondary N) is 2. The van der Waals surface area contributed by atoms with Gasteiger partial charge in [-0.1, -0.05) is 29.8 Å². The zero-order valence-corrected chi connectivity index (χ0v) is 20.6. The van der Waals surface area contributed by atoms with Crippen molar-refractivity contribution in [2.24, 2.45) is 4.99 Å². The molecule has 4 aliphatic rings. The first kappa shape index (κ1) is 24.1. The number of hydrogen-bond acceptors (Lipinski definition) is 6. The molecule has 2 saturated heterocycles. The molecule has 2 N–H and O–H groups in total. The lowest BCUT2D eigenvalue weighted by Crippen LogP contribution is -2.48. The number of carbonyl (C=O) groups is 1. The van der Waals surface area contributed by atoms with Crippen LogP contribution in [0.4, 0.5) is 13.6 Å². The summed E-state index contributed by atoms with van der Waals surface area (Å²) in [5.41, 5.74) is 1.57. The number of ether oxygens (including phenoxy) is 1. The van der Waals surface area contributed by atoms with Gasteiger partial charge in [-0.05, 0) is 48.9 Å². The van der Waals surface area contributed by atoms with E-state index in [1.807, 2.05) is 5.41 Å². The first-order valence-corrected chi connectivity index (χ1v) is 12.8. The molecule has 6 nitrogen and oxygen atoms in total. The number of aliphatic imine (C=N–C) groups is 1. The predicted molar refractivity (Wildman–Crippen MR) is 134 cm³/mol. The van der Waals surface area contributed by atoms with Crippen LogP contribution < -0.4 is 5.32 Å². The molecule has 0 saturated carbocycles. The number of benzene rings is 1. The zero-order chi connectivity index (χ0) is 24.7. The summed E-state index contributed by atoms with van der Waals surface area (Å²) in [5, 5.41) is 14.0. The minimum atomic E-state index is -1.03. The molecular formula is C25H25ClF2N4O2S. The molecule has 0 bridgehead atoms. The highest BCUT2D eigenvalue weighted by atomic mass is 35.5. The predicted octanol–water partition coefficient (Wildman–Crippen LogP) is 5.71. The molecule has 0 aliphatic carbocycles. The number of cyclic esters (lactones) is 1. The lowest BCUT2D eigenvalue weighted by atomic mass is 9.89. The summed E-state index contributed by atoms with van der Waals surface area (Å²) < 4.78 is 33.2. The highest BCUT2D eigenvalue weighted by Crippen LogP contribution is 2.46. The fourth-order valence-corrected chi connectivity index (χ4v) is 5.99. The third kappa shape index (κ3) is 4.63. The Labute approximate surface area is 211 Å². The van der Waals surface area contributed by atoms with E-state index in [1.54, 1.807) is 30.0 Å². The average Bonchev–Trinajstić information content (AvgIpc) is 3.54. The van der Waals surface area contributed by atoms with Crippen LogP contribution in [0.2, 0.25) is 5.02 Å². The maximum absolute atomic E-state index is 14.5. The Morgan fingerprint density at radius 2 is 2.34 bits per heavy atom. The van der Waals surface area contributed by atoms with Crippen LogP contribution >= 0.6 is 23.4 Å². The molecule has 10 heteroatoms. The van der Waals surface area contributed by atoms with Crippen molar-refractivity contribution in [1.82, 2.24) is 10.2 Å². The molecule has 184 valence electrons. The lowest BCUT2D eigenvalue weighted by Gasteiger charge is -2.35. The number of alkyl halides is 1. The highest BCUT2D eigenvalue weighted by molar-refractivity contribution is 8.03. The van der Waals surface area contributed by atoms with E-state index >= 15 is 0 Å². The largest absolute Gasteiger partial charge is 0.447 e. The highest BCUT2D eigenvalue weighted by Gasteiger charge is 2.52. The first-order valence-electron chi connectivity index (χ1n) is 11.4. The lowest BCUT2D eigenvalue weighted by molar-refractivity contribution is 0.173. The van der Waals surface area contributed by atoms with E-state index in [1.165, 1.54) is 19.1 Å². The van der Waals surface area contributed by atoms with Crippen molar-refractivity contribution >= 4 is 41.0 Å². The number of alkyl carbamates (subject to hydrolysis) is 1. The van der Waals surface area contributed by atoms with Crippen LogP contribution in [0.25, 0.3) is 0 Å². The van der Waals surface area contributed by atoms with Gasteiger partial charge in [-0.15, -0.1) is 11.8 Å². The number of thioether (sulfide) groups is 1. The van der Waals surface area contributed by atoms with Crippen molar-refractivity contribution in [3.8, 4) is 0 Å². The minimum absolute atomic E-state index is 0.0117. The summed E-state index contributed by atoms with van der Waals surface area (Å²) in [4.78, 5) is 19.1. The van der Waals surface area contributed by atoms with E-state index in [0.29, 0.717) is 24.1 Å². The molecular weight excluding hydrogens is 494 g/mol. The summed E-state index contributed by atoms with van der Waals surface area (Å²) in [5.74, 6) is 0.267. The molecule has 1 spiro atoms. The van der Waals surface area contributed by atoms with Crippen molar-refractivity contribution in [3.63, 3.8) is 0 Å². The second-order valence-corrected chi connectivity index (χ2v) is 10.8. The molecule has 2 unspecified atom stereocenters. The first-order chi connectivity index (χ1) is 16.8. The number of nitrogens with zero attached hydrogens (tertiary/aromatic N) is 2. The molecule has 4 heterocycles. The standard InChI is InChI=1S/C25H25ClF2N4O2S/c1-14(27)4-2-5-18(29)21-19-11-25(13-34-24(33)31-25)12-32(19)23(20-6-3-9-35-20)30-22(21)15-7-8-16(26)17(28)10-15/h2-3,5,7-10,14,20,22,29H,4,6,11-13H2,1H3,(H,31,33)/b5-2-,29-18?/t14?,20?,22-,25-/m0/s1. The minimum Gasteiger partial charge on any atom is -0.447 e. The number of rotatable bonds is 6. The number of amidine groups is 1. The van der Waals surface area contributed by atoms with E-state index in [0.717, 1.165) is 18.0 Å². The molecule has 0 aromatic heterocycles. The zero-order valence-electron chi connectivity index (χ0n) is 19.1. The third-order valence-corrected chi connectivity index (χ3v) is 7.92. The van der Waals surface area contributed by atoms with E-state index in [2.05, 4.69) is 16.3 Å². The van der Waals surface area contributed by atoms with Crippen LogP contribution in [0.1, 0.15) is 37.8 Å². The van der Waals surface area contributed by atoms with E-state index < -0.39 is 29.7 Å². The number of carbonyl (C=O) groups excluding carboxylic acids is 1. The van der Waals surface area contributed by atoms with Crippen molar-refractivity contribution in [2.45, 2.75) is 49.2 Å². The van der Waals surface area contributed by atoms with Gasteiger partial charge in [-0.2, -0.15) is 0 Å². The quantitative estimate of drug-likeness (QED) is 0.473. The molecule has 1 amide bonds. The van der Waals surface area contributed by atoms with Gasteiger partial charge in [0.05, 0.1) is 22.5 Å². The molecule has 1 aromatic carbocycles. The van der Waals surface area contributed by atoms with Crippen molar-refractivity contribution in [2.75, 3.05) is 13.2 Å². The monoisotopic (exact) mass is 518 g/mol. The Morgan fingerprint density at radius 3 is 3.00 bits per heavy atom. The van der Waals surface area contributed by atoms with Crippen LogP contribution in [0.5, 0.6) is 0 Å². The number of allylic oxidation sites excluding steroid dienone is 3. The summed E-state index contributed by atoms with van der Waals surface area (Å²) in [6, 6.07) is 3.93. The maximum Gasteiger partial charge on any atom is 0.407 e. The third-order valence-electron chi connectivity index (χ3n) is 6.53. The topological polar surface area (TPSA) is 77.8 Å². The fraction of sp³-hybridized carbons (Fsp3) is 0.400. The van der Waals surface area contributed by atoms with Gasteiger partial charge in [0, 0.05) is 17.7 Å². The van der Waals surface area contributed by atoms with Gasteiger partial charge in [0.25, 0.3) is 0 Å². The van der Waals surface area contributed by atoms with Crippen LogP contribution in [0.3, 0.4) is 0 Å². The van der Waals surface area contributed by atoms with E-state index in [-0.39, 0.29) is 29.0 Å². The van der Waals surface area contributed by atoms with Crippen LogP contribution in [0.15, 0.2) is 58.1 Å². The van der Waals surface area contributed by atoms with E-state index in [4.69, 9.17) is 26.7 Å². The molecule has 0 radical (unpaired) electrons.